The monoisotopic (exact) mass is 474 g/mol. The van der Waals surface area contributed by atoms with Gasteiger partial charge in [0.1, 0.15) is 5.82 Å². The van der Waals surface area contributed by atoms with Gasteiger partial charge in [0.05, 0.1) is 19.9 Å². The van der Waals surface area contributed by atoms with Crippen molar-refractivity contribution in [3.05, 3.63) is 81.8 Å². The van der Waals surface area contributed by atoms with Gasteiger partial charge in [0.15, 0.2) is 11.5 Å². The van der Waals surface area contributed by atoms with Crippen molar-refractivity contribution < 1.29 is 14.3 Å². The molecule has 0 unspecified atom stereocenters. The van der Waals surface area contributed by atoms with E-state index in [2.05, 4.69) is 25.7 Å². The second kappa shape index (κ2) is 10.1. The Labute approximate surface area is 201 Å². The maximum absolute atomic E-state index is 12.8. The van der Waals surface area contributed by atoms with Crippen LogP contribution in [0.3, 0.4) is 0 Å². The first kappa shape index (κ1) is 23.6. The van der Waals surface area contributed by atoms with E-state index in [4.69, 9.17) is 9.47 Å². The van der Waals surface area contributed by atoms with Crippen molar-refractivity contribution in [1.29, 1.82) is 0 Å². The van der Waals surface area contributed by atoms with Crippen molar-refractivity contribution in [2.24, 2.45) is 0 Å². The maximum Gasteiger partial charge on any atom is 0.320 e. The van der Waals surface area contributed by atoms with Crippen molar-refractivity contribution in [1.82, 2.24) is 25.1 Å². The molecule has 10 nitrogen and oxygen atoms in total. The minimum Gasteiger partial charge on any atom is -0.493 e. The third-order valence-corrected chi connectivity index (χ3v) is 5.50. The molecule has 0 radical (unpaired) electrons. The van der Waals surface area contributed by atoms with Gasteiger partial charge in [-0.3, -0.25) is 15.1 Å². The fraction of sp³-hybridized carbons (Fsp3) is 0.200. The van der Waals surface area contributed by atoms with E-state index in [-0.39, 0.29) is 18.1 Å². The number of aromatic amines is 1. The highest BCUT2D eigenvalue weighted by molar-refractivity contribution is 5.89. The Morgan fingerprint density at radius 1 is 1.03 bits per heavy atom. The van der Waals surface area contributed by atoms with Crippen molar-refractivity contribution in [3.63, 3.8) is 0 Å². The fourth-order valence-corrected chi connectivity index (χ4v) is 3.45. The SMILES string of the molecule is COc1ccc(CNC(=O)Nc2cc(-c3ccccc3)nn2-c2nc(C)c(C)c(=O)[nH]2)cc1OC. The first-order valence-electron chi connectivity index (χ1n) is 10.9. The molecule has 180 valence electrons. The molecule has 10 heteroatoms. The Morgan fingerprint density at radius 2 is 1.77 bits per heavy atom. The molecule has 0 aliphatic rings. The predicted octanol–water partition coefficient (Wildman–Crippen LogP) is 3.58. The lowest BCUT2D eigenvalue weighted by molar-refractivity contribution is 0.251. The van der Waals surface area contributed by atoms with Crippen LogP contribution in [0.25, 0.3) is 17.2 Å². The summed E-state index contributed by atoms with van der Waals surface area (Å²) >= 11 is 0. The minimum atomic E-state index is -0.452. The lowest BCUT2D eigenvalue weighted by atomic mass is 10.2. The largest absolute Gasteiger partial charge is 0.493 e. The minimum absolute atomic E-state index is 0.204. The molecule has 3 N–H and O–H groups in total. The number of aryl methyl sites for hydroxylation is 1. The number of H-pyrrole nitrogens is 1. The van der Waals surface area contributed by atoms with Crippen molar-refractivity contribution in [2.45, 2.75) is 20.4 Å². The molecule has 0 spiro atoms. The van der Waals surface area contributed by atoms with Gasteiger partial charge in [0, 0.05) is 29.4 Å². The Bertz CT molecular complexity index is 1410. The van der Waals surface area contributed by atoms with Crippen molar-refractivity contribution in [3.8, 4) is 28.7 Å². The lowest BCUT2D eigenvalue weighted by Crippen LogP contribution is -2.29. The van der Waals surface area contributed by atoms with E-state index < -0.39 is 6.03 Å². The summed E-state index contributed by atoms with van der Waals surface area (Å²) in [5, 5.41) is 10.2. The molecular formula is C25H26N6O4. The topological polar surface area (TPSA) is 123 Å². The molecule has 0 fully saturated rings. The molecule has 2 aromatic carbocycles. The van der Waals surface area contributed by atoms with Gasteiger partial charge in [-0.25, -0.2) is 9.78 Å². The smallest absolute Gasteiger partial charge is 0.320 e. The number of hydrogen-bond donors (Lipinski definition) is 3. The maximum atomic E-state index is 12.8. The summed E-state index contributed by atoms with van der Waals surface area (Å²) in [4.78, 5) is 32.3. The number of carbonyl (C=O) groups is 1. The molecule has 2 heterocycles. The van der Waals surface area contributed by atoms with Crippen LogP contribution < -0.4 is 25.7 Å². The van der Waals surface area contributed by atoms with E-state index >= 15 is 0 Å². The number of benzene rings is 2. The number of carbonyl (C=O) groups excluding carboxylic acids is 1. The van der Waals surface area contributed by atoms with Gasteiger partial charge in [-0.2, -0.15) is 9.78 Å². The van der Waals surface area contributed by atoms with Crippen LogP contribution in [0.5, 0.6) is 11.5 Å². The summed E-state index contributed by atoms with van der Waals surface area (Å²) in [6.45, 7) is 3.70. The summed E-state index contributed by atoms with van der Waals surface area (Å²) in [5.41, 5.74) is 3.12. The number of aromatic nitrogens is 4. The number of urea groups is 1. The zero-order valence-electron chi connectivity index (χ0n) is 19.9. The average Bonchev–Trinajstić information content (AvgIpc) is 3.29. The van der Waals surface area contributed by atoms with Gasteiger partial charge in [-0.1, -0.05) is 36.4 Å². The summed E-state index contributed by atoms with van der Waals surface area (Å²) in [7, 11) is 3.12. The molecule has 0 saturated heterocycles. The first-order valence-corrected chi connectivity index (χ1v) is 10.9. The van der Waals surface area contributed by atoms with Gasteiger partial charge in [0.25, 0.3) is 5.56 Å². The third kappa shape index (κ3) is 5.16. The summed E-state index contributed by atoms with van der Waals surface area (Å²) in [5.74, 6) is 1.73. The van der Waals surface area contributed by atoms with Crippen LogP contribution in [0.15, 0.2) is 59.4 Å². The lowest BCUT2D eigenvalue weighted by Gasteiger charge is -2.12. The van der Waals surface area contributed by atoms with Gasteiger partial charge in [-0.15, -0.1) is 0 Å². The number of nitrogens with one attached hydrogen (secondary N) is 3. The highest BCUT2D eigenvalue weighted by Crippen LogP contribution is 2.27. The van der Waals surface area contributed by atoms with E-state index in [1.807, 2.05) is 36.4 Å². The molecule has 2 aromatic heterocycles. The van der Waals surface area contributed by atoms with E-state index in [0.717, 1.165) is 11.1 Å². The van der Waals surface area contributed by atoms with Gasteiger partial charge in [-0.05, 0) is 31.5 Å². The van der Waals surface area contributed by atoms with E-state index in [1.165, 1.54) is 4.68 Å². The highest BCUT2D eigenvalue weighted by atomic mass is 16.5. The molecule has 0 saturated carbocycles. The molecule has 2 amide bonds. The van der Waals surface area contributed by atoms with E-state index in [9.17, 15) is 9.59 Å². The van der Waals surface area contributed by atoms with Gasteiger partial charge in [0.2, 0.25) is 5.95 Å². The number of hydrogen-bond acceptors (Lipinski definition) is 6. The second-order valence-corrected chi connectivity index (χ2v) is 7.79. The van der Waals surface area contributed by atoms with Crippen molar-refractivity contribution >= 4 is 11.8 Å². The molecule has 4 rings (SSSR count). The second-order valence-electron chi connectivity index (χ2n) is 7.79. The Hall–Kier alpha value is -4.60. The number of ether oxygens (including phenoxy) is 2. The summed E-state index contributed by atoms with van der Waals surface area (Å²) in [6.07, 6.45) is 0. The molecule has 35 heavy (non-hydrogen) atoms. The fourth-order valence-electron chi connectivity index (χ4n) is 3.45. The number of amides is 2. The van der Waals surface area contributed by atoms with Crippen molar-refractivity contribution in [2.75, 3.05) is 19.5 Å². The molecule has 0 atom stereocenters. The quantitative estimate of drug-likeness (QED) is 0.376. The third-order valence-electron chi connectivity index (χ3n) is 5.50. The zero-order valence-corrected chi connectivity index (χ0v) is 19.9. The van der Waals surface area contributed by atoms with Crippen LogP contribution in [-0.4, -0.2) is 40.0 Å². The molecular weight excluding hydrogens is 448 g/mol. The molecule has 0 aliphatic heterocycles. The average molecular weight is 475 g/mol. The predicted molar refractivity (Wildman–Crippen MR) is 132 cm³/mol. The molecule has 0 bridgehead atoms. The highest BCUT2D eigenvalue weighted by Gasteiger charge is 2.16. The zero-order chi connectivity index (χ0) is 24.9. The first-order chi connectivity index (χ1) is 16.9. The standard InChI is InChI=1S/C25H26N6O4/c1-15-16(2)27-24(29-23(15)32)31-22(13-19(30-31)18-8-6-5-7-9-18)28-25(33)26-14-17-10-11-20(34-3)21(12-17)35-4/h5-13H,14H2,1-4H3,(H2,26,28,33)(H,27,29,32). The van der Waals surface area contributed by atoms with Crippen LogP contribution in [0, 0.1) is 13.8 Å². The van der Waals surface area contributed by atoms with E-state index in [0.29, 0.717) is 34.3 Å². The van der Waals surface area contributed by atoms with Crippen LogP contribution in [-0.2, 0) is 6.54 Å². The van der Waals surface area contributed by atoms with Gasteiger partial charge < -0.3 is 14.8 Å². The Balaban J connectivity index is 1.60. The summed E-state index contributed by atoms with van der Waals surface area (Å²) < 4.78 is 12.0. The van der Waals surface area contributed by atoms with Gasteiger partial charge >= 0.3 is 6.03 Å². The number of rotatable bonds is 7. The molecule has 4 aromatic rings. The van der Waals surface area contributed by atoms with E-state index in [1.54, 1.807) is 46.3 Å². The van der Waals surface area contributed by atoms with Crippen LogP contribution >= 0.6 is 0 Å². The van der Waals surface area contributed by atoms with Crippen LogP contribution in [0.4, 0.5) is 10.6 Å². The molecule has 0 aliphatic carbocycles. The normalized spacial score (nSPS) is 10.6. The number of anilines is 1. The number of nitrogens with zero attached hydrogens (tertiary/aromatic N) is 3. The summed E-state index contributed by atoms with van der Waals surface area (Å²) in [6, 6.07) is 16.2. The van der Waals surface area contributed by atoms with Crippen LogP contribution in [0.2, 0.25) is 0 Å². The van der Waals surface area contributed by atoms with Crippen LogP contribution in [0.1, 0.15) is 16.8 Å². The number of methoxy groups -OCH3 is 2. The Kier molecular flexibility index (Phi) is 6.81. The Morgan fingerprint density at radius 3 is 2.46 bits per heavy atom.